The molecule has 3 atom stereocenters. The fourth-order valence-electron chi connectivity index (χ4n) is 2.63. The zero-order valence-electron chi connectivity index (χ0n) is 12.9. The second-order valence-electron chi connectivity index (χ2n) is 5.76. The third-order valence-electron chi connectivity index (χ3n) is 4.15. The maximum Gasteiger partial charge on any atom is 0.241 e. The molecular weight excluding hydrogens is 252 g/mol. The number of carbonyl (C=O) groups is 1. The molecule has 1 amide bonds. The van der Waals surface area contributed by atoms with Gasteiger partial charge < -0.3 is 9.64 Å². The van der Waals surface area contributed by atoms with Gasteiger partial charge in [-0.2, -0.15) is 0 Å². The number of amides is 1. The number of ether oxygens (including phenoxy) is 1. The Morgan fingerprint density at radius 2 is 1.90 bits per heavy atom. The van der Waals surface area contributed by atoms with Crippen LogP contribution in [0.2, 0.25) is 0 Å². The minimum atomic E-state index is -0.161. The number of benzene rings is 1. The molecular formula is C16H24N2O2. The molecule has 1 N–H and O–H groups in total. The van der Waals surface area contributed by atoms with Crippen molar-refractivity contribution in [3.8, 4) is 5.75 Å². The van der Waals surface area contributed by atoms with Crippen molar-refractivity contribution in [1.29, 1.82) is 0 Å². The van der Waals surface area contributed by atoms with Gasteiger partial charge in [0.2, 0.25) is 5.91 Å². The van der Waals surface area contributed by atoms with E-state index in [9.17, 15) is 4.79 Å². The van der Waals surface area contributed by atoms with Crippen molar-refractivity contribution in [1.82, 2.24) is 10.2 Å². The van der Waals surface area contributed by atoms with E-state index in [4.69, 9.17) is 4.74 Å². The van der Waals surface area contributed by atoms with Crippen molar-refractivity contribution in [2.24, 2.45) is 5.92 Å². The fourth-order valence-corrected chi connectivity index (χ4v) is 2.63. The Labute approximate surface area is 121 Å². The summed E-state index contributed by atoms with van der Waals surface area (Å²) in [6.45, 7) is 8.29. The second-order valence-corrected chi connectivity index (χ2v) is 5.76. The zero-order valence-corrected chi connectivity index (χ0v) is 12.9. The molecule has 1 aliphatic heterocycles. The maximum absolute atomic E-state index is 12.5. The van der Waals surface area contributed by atoms with Crippen LogP contribution in [0.3, 0.4) is 0 Å². The molecule has 1 fully saturated rings. The van der Waals surface area contributed by atoms with Gasteiger partial charge in [-0.05, 0) is 25.8 Å². The van der Waals surface area contributed by atoms with E-state index in [0.717, 1.165) is 11.3 Å². The average molecular weight is 276 g/mol. The first kappa shape index (κ1) is 14.9. The first-order valence-corrected chi connectivity index (χ1v) is 7.18. The second kappa shape index (κ2) is 5.83. The highest BCUT2D eigenvalue weighted by Crippen LogP contribution is 2.34. The number of nitrogens with one attached hydrogen (secondary N) is 1. The lowest BCUT2D eigenvalue weighted by molar-refractivity contribution is -0.132. The molecule has 3 unspecified atom stereocenters. The van der Waals surface area contributed by atoms with Crippen LogP contribution in [0.5, 0.6) is 5.75 Å². The van der Waals surface area contributed by atoms with Crippen LogP contribution in [-0.4, -0.2) is 30.0 Å². The van der Waals surface area contributed by atoms with E-state index in [1.165, 1.54) is 0 Å². The van der Waals surface area contributed by atoms with E-state index in [0.29, 0.717) is 5.92 Å². The molecule has 0 aromatic heterocycles. The lowest BCUT2D eigenvalue weighted by Gasteiger charge is -2.33. The summed E-state index contributed by atoms with van der Waals surface area (Å²) in [6.07, 6.45) is -0.119. The zero-order chi connectivity index (χ0) is 14.9. The average Bonchev–Trinajstić information content (AvgIpc) is 2.73. The van der Waals surface area contributed by atoms with Crippen molar-refractivity contribution in [3.63, 3.8) is 0 Å². The van der Waals surface area contributed by atoms with Gasteiger partial charge in [-0.25, -0.2) is 0 Å². The lowest BCUT2D eigenvalue weighted by Crippen LogP contribution is -2.41. The molecule has 1 saturated heterocycles. The van der Waals surface area contributed by atoms with Crippen molar-refractivity contribution < 1.29 is 9.53 Å². The molecule has 0 spiro atoms. The standard InChI is InChI=1S/C16H24N2O2/c1-10(2)12(4)18-15(17-11(3)16(18)19)13-8-6-7-9-14(13)20-5/h6-12,15,17H,1-5H3. The van der Waals surface area contributed by atoms with Gasteiger partial charge in [-0.3, -0.25) is 10.1 Å². The van der Waals surface area contributed by atoms with Crippen LogP contribution in [0.4, 0.5) is 0 Å². The highest BCUT2D eigenvalue weighted by Gasteiger charge is 2.41. The van der Waals surface area contributed by atoms with Crippen LogP contribution in [0.25, 0.3) is 0 Å². The molecule has 0 saturated carbocycles. The SMILES string of the molecule is COc1ccccc1C1NC(C)C(=O)N1C(C)C(C)C. The monoisotopic (exact) mass is 276 g/mol. The van der Waals surface area contributed by atoms with Crippen LogP contribution in [0, 0.1) is 5.92 Å². The Balaban J connectivity index is 2.40. The Hall–Kier alpha value is -1.55. The Morgan fingerprint density at radius 1 is 1.25 bits per heavy atom. The molecule has 1 aliphatic rings. The van der Waals surface area contributed by atoms with E-state index in [2.05, 4.69) is 26.1 Å². The predicted molar refractivity (Wildman–Crippen MR) is 79.5 cm³/mol. The van der Waals surface area contributed by atoms with Crippen molar-refractivity contribution in [3.05, 3.63) is 29.8 Å². The van der Waals surface area contributed by atoms with Gasteiger partial charge >= 0.3 is 0 Å². The summed E-state index contributed by atoms with van der Waals surface area (Å²) in [5.74, 6) is 1.37. The molecule has 0 aliphatic carbocycles. The van der Waals surface area contributed by atoms with Crippen molar-refractivity contribution in [2.45, 2.75) is 45.9 Å². The topological polar surface area (TPSA) is 41.6 Å². The van der Waals surface area contributed by atoms with Crippen LogP contribution in [0.1, 0.15) is 39.4 Å². The van der Waals surface area contributed by atoms with Gasteiger partial charge in [-0.1, -0.05) is 32.0 Å². The van der Waals surface area contributed by atoms with Crippen LogP contribution in [-0.2, 0) is 4.79 Å². The highest BCUT2D eigenvalue weighted by atomic mass is 16.5. The number of hydrogen-bond donors (Lipinski definition) is 1. The van der Waals surface area contributed by atoms with Crippen LogP contribution in [0.15, 0.2) is 24.3 Å². The number of rotatable bonds is 4. The molecule has 110 valence electrons. The van der Waals surface area contributed by atoms with Gasteiger partial charge in [0.25, 0.3) is 0 Å². The van der Waals surface area contributed by atoms with Crippen LogP contribution >= 0.6 is 0 Å². The van der Waals surface area contributed by atoms with E-state index >= 15 is 0 Å². The summed E-state index contributed by atoms with van der Waals surface area (Å²) in [7, 11) is 1.66. The first-order chi connectivity index (χ1) is 9.47. The molecule has 1 aromatic rings. The normalized spacial score (nSPS) is 24.3. The number of para-hydroxylation sites is 1. The number of hydrogen-bond acceptors (Lipinski definition) is 3. The molecule has 1 aromatic carbocycles. The van der Waals surface area contributed by atoms with Crippen molar-refractivity contribution >= 4 is 5.91 Å². The van der Waals surface area contributed by atoms with Gasteiger partial charge in [-0.15, -0.1) is 0 Å². The van der Waals surface area contributed by atoms with E-state index in [1.54, 1.807) is 7.11 Å². The maximum atomic E-state index is 12.5. The van der Waals surface area contributed by atoms with E-state index in [1.807, 2.05) is 36.1 Å². The molecule has 2 rings (SSSR count). The number of nitrogens with zero attached hydrogens (tertiary/aromatic N) is 1. The Bertz CT molecular complexity index is 487. The minimum Gasteiger partial charge on any atom is -0.496 e. The van der Waals surface area contributed by atoms with E-state index in [-0.39, 0.29) is 24.2 Å². The molecule has 1 heterocycles. The molecule has 4 nitrogen and oxygen atoms in total. The van der Waals surface area contributed by atoms with Crippen LogP contribution < -0.4 is 10.1 Å². The molecule has 20 heavy (non-hydrogen) atoms. The Morgan fingerprint density at radius 3 is 2.50 bits per heavy atom. The number of methoxy groups -OCH3 is 1. The van der Waals surface area contributed by atoms with Gasteiger partial charge in [0, 0.05) is 11.6 Å². The first-order valence-electron chi connectivity index (χ1n) is 7.18. The Kier molecular flexibility index (Phi) is 4.33. The largest absolute Gasteiger partial charge is 0.496 e. The predicted octanol–water partition coefficient (Wildman–Crippen LogP) is 2.56. The summed E-state index contributed by atoms with van der Waals surface area (Å²) in [5, 5.41) is 3.38. The summed E-state index contributed by atoms with van der Waals surface area (Å²) >= 11 is 0. The fraction of sp³-hybridized carbons (Fsp3) is 0.562. The van der Waals surface area contributed by atoms with Gasteiger partial charge in [0.1, 0.15) is 11.9 Å². The lowest BCUT2D eigenvalue weighted by atomic mass is 10.0. The summed E-state index contributed by atoms with van der Waals surface area (Å²) in [6, 6.07) is 7.88. The van der Waals surface area contributed by atoms with Crippen molar-refractivity contribution in [2.75, 3.05) is 7.11 Å². The summed E-state index contributed by atoms with van der Waals surface area (Å²) in [5.41, 5.74) is 1.01. The van der Waals surface area contributed by atoms with E-state index < -0.39 is 0 Å². The smallest absolute Gasteiger partial charge is 0.241 e. The molecule has 0 radical (unpaired) electrons. The molecule has 0 bridgehead atoms. The summed E-state index contributed by atoms with van der Waals surface area (Å²) in [4.78, 5) is 14.4. The molecule has 4 heteroatoms. The highest BCUT2D eigenvalue weighted by molar-refractivity contribution is 5.84. The van der Waals surface area contributed by atoms with Gasteiger partial charge in [0.15, 0.2) is 0 Å². The van der Waals surface area contributed by atoms with Gasteiger partial charge in [0.05, 0.1) is 13.2 Å². The number of carbonyl (C=O) groups excluding carboxylic acids is 1. The third-order valence-corrected chi connectivity index (χ3v) is 4.15. The minimum absolute atomic E-state index is 0.119. The third kappa shape index (κ3) is 2.52. The summed E-state index contributed by atoms with van der Waals surface area (Å²) < 4.78 is 5.44. The quantitative estimate of drug-likeness (QED) is 0.919.